The quantitative estimate of drug-likeness (QED) is 0.337. The van der Waals surface area contributed by atoms with Gasteiger partial charge >= 0.3 is 0 Å². The van der Waals surface area contributed by atoms with Crippen LogP contribution < -0.4 is 5.32 Å². The fraction of sp³-hybridized carbons (Fsp3) is 0.367. The molecule has 9 heteroatoms. The molecule has 2 aromatic heterocycles. The van der Waals surface area contributed by atoms with Gasteiger partial charge in [0.25, 0.3) is 0 Å². The normalized spacial score (nSPS) is 14.6. The summed E-state index contributed by atoms with van der Waals surface area (Å²) in [5.74, 6) is 0.504. The molecule has 0 saturated heterocycles. The van der Waals surface area contributed by atoms with Crippen LogP contribution >= 0.6 is 0 Å². The lowest BCUT2D eigenvalue weighted by Gasteiger charge is -2.33. The highest BCUT2D eigenvalue weighted by Crippen LogP contribution is 2.27. The molecule has 0 spiro atoms. The van der Waals surface area contributed by atoms with Crippen molar-refractivity contribution in [2.24, 2.45) is 0 Å². The number of amides is 2. The third-order valence-electron chi connectivity index (χ3n) is 7.17. The van der Waals surface area contributed by atoms with Crippen molar-refractivity contribution < 1.29 is 14.0 Å². The number of carbonyl (C=O) groups excluding carboxylic acids is 2. The van der Waals surface area contributed by atoms with Gasteiger partial charge in [0.2, 0.25) is 17.6 Å². The van der Waals surface area contributed by atoms with Crippen molar-refractivity contribution in [3.8, 4) is 11.4 Å². The Morgan fingerprint density at radius 3 is 2.36 bits per heavy atom. The number of nitrogens with one attached hydrogen (secondary N) is 1. The van der Waals surface area contributed by atoms with E-state index in [0.29, 0.717) is 11.6 Å². The first-order valence-electron chi connectivity index (χ1n) is 13.5. The van der Waals surface area contributed by atoms with E-state index in [-0.39, 0.29) is 30.9 Å². The van der Waals surface area contributed by atoms with Crippen molar-refractivity contribution in [1.29, 1.82) is 0 Å². The molecule has 1 atom stereocenters. The van der Waals surface area contributed by atoms with E-state index >= 15 is 0 Å². The lowest BCUT2D eigenvalue weighted by Crippen LogP contribution is -2.47. The molecule has 9 nitrogen and oxygen atoms in total. The van der Waals surface area contributed by atoms with Crippen LogP contribution in [0, 0.1) is 13.8 Å². The molecule has 1 N–H and O–H groups in total. The van der Waals surface area contributed by atoms with E-state index < -0.39 is 6.04 Å². The molecule has 2 aromatic carbocycles. The first-order valence-corrected chi connectivity index (χ1v) is 13.5. The van der Waals surface area contributed by atoms with Gasteiger partial charge in [0, 0.05) is 11.6 Å². The number of hydrogen-bond acceptors (Lipinski definition) is 6. The summed E-state index contributed by atoms with van der Waals surface area (Å²) in [5, 5.41) is 15.9. The summed E-state index contributed by atoms with van der Waals surface area (Å²) in [5.41, 5.74) is 3.75. The maximum atomic E-state index is 13.9. The molecule has 1 fully saturated rings. The zero-order chi connectivity index (χ0) is 27.2. The lowest BCUT2D eigenvalue weighted by molar-refractivity contribution is -0.143. The van der Waals surface area contributed by atoms with Gasteiger partial charge in [-0.2, -0.15) is 4.80 Å². The number of rotatable bonds is 9. The first-order chi connectivity index (χ1) is 19.0. The predicted octanol–water partition coefficient (Wildman–Crippen LogP) is 4.77. The monoisotopic (exact) mass is 526 g/mol. The first kappa shape index (κ1) is 26.3. The van der Waals surface area contributed by atoms with E-state index in [9.17, 15) is 9.59 Å². The van der Waals surface area contributed by atoms with Crippen molar-refractivity contribution >= 4 is 11.8 Å². The minimum absolute atomic E-state index is 0.105. The van der Waals surface area contributed by atoms with E-state index in [1.807, 2.05) is 62.4 Å². The Balaban J connectivity index is 1.44. The highest BCUT2D eigenvalue weighted by Gasteiger charge is 2.34. The van der Waals surface area contributed by atoms with E-state index in [4.69, 9.17) is 4.42 Å². The minimum atomic E-state index is -0.842. The third kappa shape index (κ3) is 6.60. The number of benzene rings is 2. The van der Waals surface area contributed by atoms with Crippen LogP contribution in [0.25, 0.3) is 11.4 Å². The number of nitrogens with zero attached hydrogens (tertiary/aromatic N) is 5. The summed E-state index contributed by atoms with van der Waals surface area (Å²) in [7, 11) is 0. The number of hydrogen-bond donors (Lipinski definition) is 1. The average Bonchev–Trinajstić information content (AvgIpc) is 3.63. The average molecular weight is 527 g/mol. The van der Waals surface area contributed by atoms with Crippen molar-refractivity contribution in [3.63, 3.8) is 0 Å². The number of aromatic nitrogens is 4. The molecular weight excluding hydrogens is 492 g/mol. The van der Waals surface area contributed by atoms with Crippen molar-refractivity contribution in [3.05, 3.63) is 89.4 Å². The molecule has 1 saturated carbocycles. The largest absolute Gasteiger partial charge is 0.467 e. The van der Waals surface area contributed by atoms with Crippen LogP contribution in [0.15, 0.2) is 71.3 Å². The van der Waals surface area contributed by atoms with Crippen LogP contribution in [0.4, 0.5) is 0 Å². The summed E-state index contributed by atoms with van der Waals surface area (Å²) in [4.78, 5) is 30.6. The molecule has 1 aliphatic rings. The number of furan rings is 1. The fourth-order valence-corrected chi connectivity index (χ4v) is 4.98. The van der Waals surface area contributed by atoms with Gasteiger partial charge in [-0.05, 0) is 49.6 Å². The molecule has 2 amide bonds. The number of carbonyl (C=O) groups is 2. The van der Waals surface area contributed by atoms with E-state index in [2.05, 4.69) is 20.7 Å². The molecule has 4 aromatic rings. The van der Waals surface area contributed by atoms with Crippen molar-refractivity contribution in [2.45, 2.75) is 71.1 Å². The molecule has 1 unspecified atom stereocenters. The summed E-state index contributed by atoms with van der Waals surface area (Å²) in [6.07, 6.45) is 6.83. The Hall–Kier alpha value is -4.27. The molecule has 2 heterocycles. The lowest BCUT2D eigenvalue weighted by atomic mass is 9.94. The zero-order valence-electron chi connectivity index (χ0n) is 22.4. The molecular formula is C30H34N6O3. The third-order valence-corrected chi connectivity index (χ3v) is 7.17. The van der Waals surface area contributed by atoms with Crippen LogP contribution in [0.5, 0.6) is 0 Å². The van der Waals surface area contributed by atoms with Gasteiger partial charge in [0.1, 0.15) is 18.3 Å². The molecule has 1 aliphatic carbocycles. The molecule has 0 radical (unpaired) electrons. The maximum absolute atomic E-state index is 13.9. The summed E-state index contributed by atoms with van der Waals surface area (Å²) in [6, 6.07) is 18.4. The molecule has 0 aliphatic heterocycles. The standard InChI is InChI=1S/C30H34N6O3/c1-21-10-14-23(15-11-21)28(30(38)31-25-7-4-3-5-8-25)35(19-26-9-6-18-39-26)27(37)20-36-33-29(32-34-36)24-16-12-22(2)13-17-24/h6,9-18,25,28H,3-5,7-8,19-20H2,1-2H3,(H,31,38). The summed E-state index contributed by atoms with van der Waals surface area (Å²) in [6.45, 7) is 3.96. The van der Waals surface area contributed by atoms with Crippen LogP contribution in [-0.2, 0) is 22.7 Å². The SMILES string of the molecule is Cc1ccc(-c2nnn(CC(=O)N(Cc3ccco3)C(C(=O)NC3CCCCC3)c3ccc(C)cc3)n2)cc1. The van der Waals surface area contributed by atoms with Crippen LogP contribution in [-0.4, -0.2) is 43.0 Å². The number of aryl methyl sites for hydroxylation is 2. The molecule has 0 bridgehead atoms. The van der Waals surface area contributed by atoms with E-state index in [1.54, 1.807) is 23.3 Å². The summed E-state index contributed by atoms with van der Waals surface area (Å²) >= 11 is 0. The molecule has 5 rings (SSSR count). The minimum Gasteiger partial charge on any atom is -0.467 e. The molecule has 39 heavy (non-hydrogen) atoms. The van der Waals surface area contributed by atoms with E-state index in [1.165, 1.54) is 11.2 Å². The smallest absolute Gasteiger partial charge is 0.247 e. The Bertz CT molecular complexity index is 1370. The van der Waals surface area contributed by atoms with Gasteiger partial charge in [-0.1, -0.05) is 78.9 Å². The van der Waals surface area contributed by atoms with Crippen LogP contribution in [0.3, 0.4) is 0 Å². The van der Waals surface area contributed by atoms with Gasteiger partial charge in [0.05, 0.1) is 12.8 Å². The second-order valence-electron chi connectivity index (χ2n) is 10.3. The van der Waals surface area contributed by atoms with Crippen LogP contribution in [0.2, 0.25) is 0 Å². The topological polar surface area (TPSA) is 106 Å². The van der Waals surface area contributed by atoms with Gasteiger partial charge in [-0.25, -0.2) is 0 Å². The van der Waals surface area contributed by atoms with Crippen molar-refractivity contribution in [1.82, 2.24) is 30.4 Å². The zero-order valence-corrected chi connectivity index (χ0v) is 22.4. The van der Waals surface area contributed by atoms with Gasteiger partial charge in [-0.15, -0.1) is 10.2 Å². The number of tetrazole rings is 1. The van der Waals surface area contributed by atoms with Gasteiger partial charge in [-0.3, -0.25) is 9.59 Å². The maximum Gasteiger partial charge on any atom is 0.247 e. The van der Waals surface area contributed by atoms with E-state index in [0.717, 1.165) is 47.9 Å². The van der Waals surface area contributed by atoms with Crippen molar-refractivity contribution in [2.75, 3.05) is 0 Å². The Morgan fingerprint density at radius 1 is 1.00 bits per heavy atom. The Morgan fingerprint density at radius 2 is 1.69 bits per heavy atom. The Labute approximate surface area is 228 Å². The second kappa shape index (κ2) is 12.1. The summed E-state index contributed by atoms with van der Waals surface area (Å²) < 4.78 is 5.59. The van der Waals surface area contributed by atoms with Gasteiger partial charge < -0.3 is 14.6 Å². The second-order valence-corrected chi connectivity index (χ2v) is 10.3. The molecule has 202 valence electrons. The highest BCUT2D eigenvalue weighted by atomic mass is 16.3. The highest BCUT2D eigenvalue weighted by molar-refractivity contribution is 5.89. The Kier molecular flexibility index (Phi) is 8.15. The van der Waals surface area contributed by atoms with Crippen LogP contribution in [0.1, 0.15) is 60.6 Å². The van der Waals surface area contributed by atoms with Gasteiger partial charge in [0.15, 0.2) is 0 Å². The fourth-order valence-electron chi connectivity index (χ4n) is 4.98. The predicted molar refractivity (Wildman–Crippen MR) is 146 cm³/mol.